The van der Waals surface area contributed by atoms with E-state index < -0.39 is 0 Å². The Bertz CT molecular complexity index is 1000. The molecular weight excluding hydrogens is 362 g/mol. The lowest BCUT2D eigenvalue weighted by Gasteiger charge is -2.11. The predicted octanol–water partition coefficient (Wildman–Crippen LogP) is 4.35. The number of carbonyl (C=O) groups is 1. The Labute approximate surface area is 162 Å². The van der Waals surface area contributed by atoms with Gasteiger partial charge >= 0.3 is 0 Å². The van der Waals surface area contributed by atoms with Crippen molar-refractivity contribution in [1.82, 2.24) is 9.78 Å². The number of hydrogen-bond donors (Lipinski definition) is 1. The van der Waals surface area contributed by atoms with Gasteiger partial charge in [0.25, 0.3) is 10.7 Å². The van der Waals surface area contributed by atoms with E-state index in [0.717, 1.165) is 28.1 Å². The summed E-state index contributed by atoms with van der Waals surface area (Å²) < 4.78 is 12.5. The summed E-state index contributed by atoms with van der Waals surface area (Å²) in [6, 6.07) is 13.5. The van der Waals surface area contributed by atoms with Crippen molar-refractivity contribution in [3.63, 3.8) is 0 Å². The molecule has 0 spiro atoms. The molecule has 0 atom stereocenters. The molecule has 7 heteroatoms. The topological polar surface area (TPSA) is 69.3 Å². The minimum atomic E-state index is -0.219. The molecule has 0 unspecified atom stereocenters. The fourth-order valence-electron chi connectivity index (χ4n) is 2.69. The molecule has 0 bridgehead atoms. The molecule has 1 amide bonds. The van der Waals surface area contributed by atoms with Crippen molar-refractivity contribution >= 4 is 23.8 Å². The van der Waals surface area contributed by atoms with E-state index in [1.807, 2.05) is 63.2 Å². The second-order valence-electron chi connectivity index (χ2n) is 6.29. The van der Waals surface area contributed by atoms with Crippen molar-refractivity contribution < 1.29 is 13.9 Å². The number of amides is 1. The van der Waals surface area contributed by atoms with Crippen molar-refractivity contribution in [2.45, 2.75) is 33.9 Å². The molecule has 0 aliphatic rings. The van der Waals surface area contributed by atoms with Crippen molar-refractivity contribution in [3.8, 4) is 5.75 Å². The van der Waals surface area contributed by atoms with Gasteiger partial charge < -0.3 is 14.5 Å². The van der Waals surface area contributed by atoms with Crippen molar-refractivity contribution in [3.05, 3.63) is 69.9 Å². The van der Waals surface area contributed by atoms with Gasteiger partial charge in [-0.2, -0.15) is 0 Å². The monoisotopic (exact) mass is 383 g/mol. The normalized spacial score (nSPS) is 10.6. The average Bonchev–Trinajstić information content (AvgIpc) is 2.97. The van der Waals surface area contributed by atoms with Gasteiger partial charge in [-0.3, -0.25) is 4.79 Å². The van der Waals surface area contributed by atoms with Gasteiger partial charge in [-0.05, 0) is 55.7 Å². The first-order chi connectivity index (χ1) is 12.9. The van der Waals surface area contributed by atoms with Crippen LogP contribution in [0.15, 0.2) is 46.9 Å². The second-order valence-corrected chi connectivity index (χ2v) is 6.64. The molecule has 3 aromatic rings. The molecule has 27 heavy (non-hydrogen) atoms. The van der Waals surface area contributed by atoms with E-state index in [4.69, 9.17) is 21.4 Å². The van der Waals surface area contributed by atoms with Crippen LogP contribution in [0, 0.1) is 25.6 Å². The molecule has 1 heterocycles. The Hall–Kier alpha value is -2.93. The summed E-state index contributed by atoms with van der Waals surface area (Å²) in [4.78, 5) is 12.5. The summed E-state index contributed by atoms with van der Waals surface area (Å²) in [6.07, 6.45) is 0. The zero-order valence-corrected chi connectivity index (χ0v) is 16.3. The summed E-state index contributed by atoms with van der Waals surface area (Å²) in [5, 5.41) is 7.15. The van der Waals surface area contributed by atoms with Gasteiger partial charge in [-0.25, -0.2) is 4.68 Å². The minimum Gasteiger partial charge on any atom is -0.484 e. The van der Waals surface area contributed by atoms with Crippen LogP contribution >= 0.6 is 12.2 Å². The molecule has 0 saturated heterocycles. The standard InChI is InChI=1S/C20H21N3O3S/c1-13-7-4-5-10-16(13)25-12-18-22-23(20(27)26-18)11-17(24)21-19-14(2)8-6-9-15(19)3/h4-10H,11-12H2,1-3H3,(H,21,24). The maximum atomic E-state index is 12.4. The molecule has 1 aromatic heterocycles. The van der Waals surface area contributed by atoms with E-state index in [1.54, 1.807) is 0 Å². The van der Waals surface area contributed by atoms with Gasteiger partial charge in [0.2, 0.25) is 5.91 Å². The number of ether oxygens (including phenoxy) is 1. The van der Waals surface area contributed by atoms with Crippen LogP contribution in [0.4, 0.5) is 5.69 Å². The maximum absolute atomic E-state index is 12.4. The van der Waals surface area contributed by atoms with E-state index in [2.05, 4.69) is 10.4 Å². The number of nitrogens with one attached hydrogen (secondary N) is 1. The molecule has 2 aromatic carbocycles. The fraction of sp³-hybridized carbons (Fsp3) is 0.250. The molecule has 0 aliphatic carbocycles. The Balaban J connectivity index is 1.65. The molecule has 0 radical (unpaired) electrons. The van der Waals surface area contributed by atoms with Gasteiger partial charge in [-0.1, -0.05) is 36.4 Å². The third kappa shape index (κ3) is 4.62. The number of rotatable bonds is 6. The smallest absolute Gasteiger partial charge is 0.287 e. The molecule has 3 rings (SSSR count). The molecular formula is C20H21N3O3S. The third-order valence-electron chi connectivity index (χ3n) is 4.13. The molecule has 0 saturated carbocycles. The third-order valence-corrected chi connectivity index (χ3v) is 4.43. The molecule has 0 fully saturated rings. The zero-order valence-electron chi connectivity index (χ0n) is 15.5. The van der Waals surface area contributed by atoms with Gasteiger partial charge in [0, 0.05) is 5.69 Å². The van der Waals surface area contributed by atoms with Crippen molar-refractivity contribution in [2.24, 2.45) is 0 Å². The summed E-state index contributed by atoms with van der Waals surface area (Å²) >= 11 is 5.16. The number of anilines is 1. The summed E-state index contributed by atoms with van der Waals surface area (Å²) in [5.74, 6) is 0.854. The van der Waals surface area contributed by atoms with Crippen LogP contribution in [0.2, 0.25) is 0 Å². The van der Waals surface area contributed by atoms with E-state index in [9.17, 15) is 4.79 Å². The van der Waals surface area contributed by atoms with Crippen LogP contribution < -0.4 is 10.1 Å². The van der Waals surface area contributed by atoms with E-state index in [0.29, 0.717) is 5.89 Å². The van der Waals surface area contributed by atoms with E-state index in [-0.39, 0.29) is 23.9 Å². The van der Waals surface area contributed by atoms with Crippen LogP contribution in [0.5, 0.6) is 5.75 Å². The van der Waals surface area contributed by atoms with Gasteiger partial charge in [0.15, 0.2) is 6.61 Å². The number of aryl methyl sites for hydroxylation is 3. The Morgan fingerprint density at radius 1 is 1.11 bits per heavy atom. The van der Waals surface area contributed by atoms with E-state index in [1.165, 1.54) is 4.68 Å². The quantitative estimate of drug-likeness (QED) is 0.641. The highest BCUT2D eigenvalue weighted by Gasteiger charge is 2.12. The molecule has 6 nitrogen and oxygen atoms in total. The maximum Gasteiger partial charge on any atom is 0.287 e. The van der Waals surface area contributed by atoms with Crippen molar-refractivity contribution in [1.29, 1.82) is 0 Å². The van der Waals surface area contributed by atoms with Gasteiger partial charge in [-0.15, -0.1) is 5.10 Å². The van der Waals surface area contributed by atoms with Crippen LogP contribution in [-0.2, 0) is 17.9 Å². The lowest BCUT2D eigenvalue weighted by molar-refractivity contribution is -0.117. The molecule has 0 aliphatic heterocycles. The number of carbonyl (C=O) groups excluding carboxylic acids is 1. The SMILES string of the molecule is Cc1ccccc1OCc1nn(CC(=O)Nc2c(C)cccc2C)c(=S)o1. The summed E-state index contributed by atoms with van der Waals surface area (Å²) in [5.41, 5.74) is 3.82. The second kappa shape index (κ2) is 8.18. The average molecular weight is 383 g/mol. The lowest BCUT2D eigenvalue weighted by Crippen LogP contribution is -2.20. The molecule has 1 N–H and O–H groups in total. The number of para-hydroxylation sites is 2. The highest BCUT2D eigenvalue weighted by Crippen LogP contribution is 2.20. The lowest BCUT2D eigenvalue weighted by atomic mass is 10.1. The first-order valence-electron chi connectivity index (χ1n) is 8.55. The summed E-state index contributed by atoms with van der Waals surface area (Å²) in [7, 11) is 0. The number of benzene rings is 2. The summed E-state index contributed by atoms with van der Waals surface area (Å²) in [6.45, 7) is 5.97. The van der Waals surface area contributed by atoms with Crippen LogP contribution in [0.25, 0.3) is 0 Å². The van der Waals surface area contributed by atoms with Crippen LogP contribution in [0.1, 0.15) is 22.6 Å². The first-order valence-corrected chi connectivity index (χ1v) is 8.96. The van der Waals surface area contributed by atoms with Gasteiger partial charge in [0.1, 0.15) is 12.3 Å². The predicted molar refractivity (Wildman–Crippen MR) is 105 cm³/mol. The first kappa shape index (κ1) is 18.8. The van der Waals surface area contributed by atoms with Crippen molar-refractivity contribution in [2.75, 3.05) is 5.32 Å². The Kier molecular flexibility index (Phi) is 5.71. The highest BCUT2D eigenvalue weighted by molar-refractivity contribution is 7.71. The van der Waals surface area contributed by atoms with Crippen LogP contribution in [-0.4, -0.2) is 15.7 Å². The number of aromatic nitrogens is 2. The number of hydrogen-bond acceptors (Lipinski definition) is 5. The number of nitrogens with zero attached hydrogens (tertiary/aromatic N) is 2. The largest absolute Gasteiger partial charge is 0.484 e. The molecule has 140 valence electrons. The van der Waals surface area contributed by atoms with Crippen LogP contribution in [0.3, 0.4) is 0 Å². The fourth-order valence-corrected chi connectivity index (χ4v) is 2.89. The highest BCUT2D eigenvalue weighted by atomic mass is 32.1. The van der Waals surface area contributed by atoms with Gasteiger partial charge in [0.05, 0.1) is 0 Å². The zero-order chi connectivity index (χ0) is 19.4. The minimum absolute atomic E-state index is 0.0273. The van der Waals surface area contributed by atoms with E-state index >= 15 is 0 Å². The Morgan fingerprint density at radius 3 is 2.48 bits per heavy atom. The Morgan fingerprint density at radius 2 is 1.78 bits per heavy atom.